The highest BCUT2D eigenvalue weighted by molar-refractivity contribution is 7.95. The fourth-order valence-electron chi connectivity index (χ4n) is 1.02. The van der Waals surface area contributed by atoms with Crippen LogP contribution < -0.4 is 0 Å². The Labute approximate surface area is 90.0 Å². The van der Waals surface area contributed by atoms with Gasteiger partial charge in [0.1, 0.15) is 0 Å². The lowest BCUT2D eigenvalue weighted by molar-refractivity contribution is -0.143. The van der Waals surface area contributed by atoms with Crippen molar-refractivity contribution in [3.05, 3.63) is 0 Å². The number of carbonyl (C=O) groups excluding carboxylic acids is 1. The molecule has 0 spiro atoms. The Balaban J connectivity index is 3.49. The van der Waals surface area contributed by atoms with Crippen LogP contribution in [0.1, 0.15) is 32.6 Å². The monoisotopic (exact) mass is 233 g/mol. The first-order chi connectivity index (χ1) is 7.02. The van der Waals surface area contributed by atoms with Gasteiger partial charge in [-0.3, -0.25) is 4.79 Å². The van der Waals surface area contributed by atoms with E-state index in [0.29, 0.717) is 32.3 Å². The van der Waals surface area contributed by atoms with E-state index in [0.717, 1.165) is 0 Å². The second-order valence-electron chi connectivity index (χ2n) is 3.03. The Morgan fingerprint density at radius 3 is 2.53 bits per heavy atom. The molecule has 0 atom stereocenters. The van der Waals surface area contributed by atoms with Gasteiger partial charge in [-0.05, 0) is 19.8 Å². The van der Waals surface area contributed by atoms with Gasteiger partial charge in [0.15, 0.2) is 5.40 Å². The molecule has 0 aromatic carbocycles. The van der Waals surface area contributed by atoms with Crippen molar-refractivity contribution in [2.45, 2.75) is 32.6 Å². The lowest BCUT2D eigenvalue weighted by atomic mass is 10.2. The predicted molar refractivity (Wildman–Crippen MR) is 54.5 cm³/mol. The van der Waals surface area contributed by atoms with Gasteiger partial charge >= 0.3 is 5.97 Å². The number of unbranched alkanes of at least 4 members (excludes halogenated alkanes) is 2. The maximum atomic E-state index is 10.9. The van der Waals surface area contributed by atoms with Crippen LogP contribution in [0.4, 0.5) is 0 Å². The minimum Gasteiger partial charge on any atom is -0.466 e. The number of nitrogens with zero attached hydrogens (tertiary/aromatic N) is 1. The molecule has 0 aliphatic heterocycles. The van der Waals surface area contributed by atoms with E-state index in [2.05, 4.69) is 0 Å². The summed E-state index contributed by atoms with van der Waals surface area (Å²) in [5.41, 5.74) is 0. The summed E-state index contributed by atoms with van der Waals surface area (Å²) in [5, 5.41) is 9.44. The number of sulfone groups is 1. The molecule has 0 fully saturated rings. The average Bonchev–Trinajstić information content (AvgIpc) is 2.17. The summed E-state index contributed by atoms with van der Waals surface area (Å²) in [6, 6.07) is 0. The first-order valence-electron chi connectivity index (χ1n) is 4.81. The van der Waals surface area contributed by atoms with E-state index in [9.17, 15) is 13.2 Å². The summed E-state index contributed by atoms with van der Waals surface area (Å²) in [7, 11) is -3.54. The first-order valence-corrected chi connectivity index (χ1v) is 6.46. The molecule has 0 rings (SSSR count). The molecule has 0 bridgehead atoms. The van der Waals surface area contributed by atoms with Crippen LogP contribution in [-0.2, 0) is 19.4 Å². The number of ether oxygens (including phenoxy) is 1. The van der Waals surface area contributed by atoms with E-state index in [-0.39, 0.29) is 11.7 Å². The van der Waals surface area contributed by atoms with Crippen molar-refractivity contribution in [3.8, 4) is 5.40 Å². The quantitative estimate of drug-likeness (QED) is 0.283. The average molecular weight is 233 g/mol. The predicted octanol–water partition coefficient (Wildman–Crippen LogP) is 1.01. The number of rotatable bonds is 7. The van der Waals surface area contributed by atoms with Crippen LogP contribution in [0.15, 0.2) is 0 Å². The number of thiocyanates is 1. The first kappa shape index (κ1) is 13.9. The second-order valence-corrected chi connectivity index (χ2v) is 4.85. The smallest absolute Gasteiger partial charge is 0.305 e. The standard InChI is InChI=1S/C9H15NO4S/c1-2-14-9(11)6-4-3-5-7-15(12,13)8-10/h2-7H2,1H3. The molecule has 0 saturated heterocycles. The largest absolute Gasteiger partial charge is 0.466 e. The number of hydrogen-bond acceptors (Lipinski definition) is 5. The highest BCUT2D eigenvalue weighted by Crippen LogP contribution is 2.03. The second kappa shape index (κ2) is 7.23. The van der Waals surface area contributed by atoms with Gasteiger partial charge in [0, 0.05) is 6.42 Å². The van der Waals surface area contributed by atoms with Gasteiger partial charge in [-0.2, -0.15) is 5.26 Å². The normalized spacial score (nSPS) is 10.7. The molecule has 0 aromatic heterocycles. The summed E-state index contributed by atoms with van der Waals surface area (Å²) in [4.78, 5) is 10.9. The van der Waals surface area contributed by atoms with Crippen molar-refractivity contribution >= 4 is 15.8 Å². The van der Waals surface area contributed by atoms with E-state index < -0.39 is 9.84 Å². The van der Waals surface area contributed by atoms with Gasteiger partial charge < -0.3 is 4.74 Å². The Kier molecular flexibility index (Phi) is 6.71. The van der Waals surface area contributed by atoms with Crippen LogP contribution >= 0.6 is 0 Å². The van der Waals surface area contributed by atoms with Crippen LogP contribution in [0.2, 0.25) is 0 Å². The van der Waals surface area contributed by atoms with Gasteiger partial charge in [0.2, 0.25) is 9.84 Å². The lowest BCUT2D eigenvalue weighted by Crippen LogP contribution is -2.05. The number of esters is 1. The Morgan fingerprint density at radius 2 is 2.00 bits per heavy atom. The summed E-state index contributed by atoms with van der Waals surface area (Å²) < 4.78 is 26.2. The highest BCUT2D eigenvalue weighted by Gasteiger charge is 2.08. The lowest BCUT2D eigenvalue weighted by Gasteiger charge is -2.00. The van der Waals surface area contributed by atoms with E-state index in [1.165, 1.54) is 5.40 Å². The summed E-state index contributed by atoms with van der Waals surface area (Å²) in [5.74, 6) is -0.396. The van der Waals surface area contributed by atoms with E-state index in [1.807, 2.05) is 0 Å². The topological polar surface area (TPSA) is 84.2 Å². The molecular formula is C9H15NO4S. The molecule has 0 heterocycles. The van der Waals surface area contributed by atoms with Crippen LogP contribution in [0.25, 0.3) is 0 Å². The Hall–Kier alpha value is -1.09. The van der Waals surface area contributed by atoms with Crippen molar-refractivity contribution in [1.82, 2.24) is 0 Å². The van der Waals surface area contributed by atoms with Crippen LogP contribution in [0, 0.1) is 10.7 Å². The van der Waals surface area contributed by atoms with E-state index in [4.69, 9.17) is 10.00 Å². The molecule has 0 amide bonds. The Morgan fingerprint density at radius 1 is 1.33 bits per heavy atom. The van der Waals surface area contributed by atoms with E-state index >= 15 is 0 Å². The fourth-order valence-corrected chi connectivity index (χ4v) is 1.69. The molecule has 0 aliphatic carbocycles. The maximum Gasteiger partial charge on any atom is 0.305 e. The van der Waals surface area contributed by atoms with Crippen LogP contribution in [0.3, 0.4) is 0 Å². The SMILES string of the molecule is CCOC(=O)CCCCCS(=O)(=O)C#N. The third-order valence-corrected chi connectivity index (χ3v) is 2.84. The number of carbonyl (C=O) groups is 1. The zero-order valence-corrected chi connectivity index (χ0v) is 9.55. The number of hydrogen-bond donors (Lipinski definition) is 0. The van der Waals surface area contributed by atoms with E-state index in [1.54, 1.807) is 6.92 Å². The maximum absolute atomic E-state index is 10.9. The van der Waals surface area contributed by atoms with Crippen molar-refractivity contribution in [1.29, 1.82) is 5.26 Å². The molecule has 0 aromatic rings. The third-order valence-electron chi connectivity index (χ3n) is 1.74. The van der Waals surface area contributed by atoms with Gasteiger partial charge in [0.25, 0.3) is 0 Å². The molecule has 6 heteroatoms. The van der Waals surface area contributed by atoms with Gasteiger partial charge in [0.05, 0.1) is 12.4 Å². The number of nitriles is 1. The minimum atomic E-state index is -3.54. The summed E-state index contributed by atoms with van der Waals surface area (Å²) in [6.45, 7) is 2.10. The molecule has 15 heavy (non-hydrogen) atoms. The zero-order chi connectivity index (χ0) is 11.7. The van der Waals surface area contributed by atoms with Crippen LogP contribution in [0.5, 0.6) is 0 Å². The highest BCUT2D eigenvalue weighted by atomic mass is 32.2. The third kappa shape index (κ3) is 7.94. The fraction of sp³-hybridized carbons (Fsp3) is 0.778. The molecule has 0 N–H and O–H groups in total. The van der Waals surface area contributed by atoms with Gasteiger partial charge in [-0.15, -0.1) is 0 Å². The summed E-state index contributed by atoms with van der Waals surface area (Å²) >= 11 is 0. The van der Waals surface area contributed by atoms with Crippen molar-refractivity contribution in [3.63, 3.8) is 0 Å². The van der Waals surface area contributed by atoms with Crippen molar-refractivity contribution < 1.29 is 17.9 Å². The molecule has 86 valence electrons. The molecule has 0 aliphatic rings. The van der Waals surface area contributed by atoms with Crippen LogP contribution in [-0.4, -0.2) is 26.7 Å². The molecule has 0 radical (unpaired) electrons. The van der Waals surface area contributed by atoms with Crippen molar-refractivity contribution in [2.24, 2.45) is 0 Å². The Bertz CT molecular complexity index is 329. The minimum absolute atomic E-state index is 0.133. The van der Waals surface area contributed by atoms with Crippen molar-refractivity contribution in [2.75, 3.05) is 12.4 Å². The van der Waals surface area contributed by atoms with Gasteiger partial charge in [-0.25, -0.2) is 8.42 Å². The molecular weight excluding hydrogens is 218 g/mol. The molecule has 5 nitrogen and oxygen atoms in total. The molecule has 0 unspecified atom stereocenters. The molecule has 0 saturated carbocycles. The summed E-state index contributed by atoms with van der Waals surface area (Å²) in [6.07, 6.45) is 1.93. The van der Waals surface area contributed by atoms with Gasteiger partial charge in [-0.1, -0.05) is 6.42 Å². The zero-order valence-electron chi connectivity index (χ0n) is 8.73.